The van der Waals surface area contributed by atoms with Crippen molar-refractivity contribution < 1.29 is 4.92 Å². The van der Waals surface area contributed by atoms with Crippen molar-refractivity contribution in [3.63, 3.8) is 0 Å². The van der Waals surface area contributed by atoms with E-state index in [2.05, 4.69) is 24.1 Å². The molecule has 1 heterocycles. The zero-order valence-corrected chi connectivity index (χ0v) is 10.8. The molecule has 0 spiro atoms. The molecule has 1 unspecified atom stereocenters. The van der Waals surface area contributed by atoms with E-state index in [1.54, 1.807) is 6.07 Å². The molecule has 0 aliphatic heterocycles. The van der Waals surface area contributed by atoms with E-state index in [0.717, 1.165) is 12.8 Å². The van der Waals surface area contributed by atoms with Gasteiger partial charge in [0.25, 0.3) is 0 Å². The van der Waals surface area contributed by atoms with E-state index in [-0.39, 0.29) is 17.5 Å². The molecule has 1 atom stereocenters. The first kappa shape index (κ1) is 14.2. The minimum Gasteiger partial charge on any atom is -0.378 e. The van der Waals surface area contributed by atoms with Gasteiger partial charge in [-0.1, -0.05) is 26.2 Å². The number of aromatic nitrogens is 1. The molecule has 100 valence electrons. The molecule has 1 rings (SSSR count). The van der Waals surface area contributed by atoms with Gasteiger partial charge >= 0.3 is 5.69 Å². The number of hydrogen-bond donors (Lipinski definition) is 2. The van der Waals surface area contributed by atoms with E-state index in [9.17, 15) is 10.1 Å². The number of hydrogen-bond acceptors (Lipinski definition) is 5. The molecule has 0 saturated heterocycles. The molecule has 0 saturated carbocycles. The topological polar surface area (TPSA) is 94.1 Å². The molecule has 3 N–H and O–H groups in total. The minimum atomic E-state index is -0.531. The third-order valence-corrected chi connectivity index (χ3v) is 2.73. The fraction of sp³-hybridized carbons (Fsp3) is 0.583. The number of nitrogens with two attached hydrogens (primary N) is 1. The van der Waals surface area contributed by atoms with Gasteiger partial charge in [0.05, 0.1) is 4.92 Å². The van der Waals surface area contributed by atoms with Gasteiger partial charge in [-0.2, -0.15) is 0 Å². The number of nitrogen functional groups attached to an aromatic ring is 1. The summed E-state index contributed by atoms with van der Waals surface area (Å²) in [6, 6.07) is 3.25. The number of nitrogens with zero attached hydrogens (tertiary/aromatic N) is 2. The summed E-state index contributed by atoms with van der Waals surface area (Å²) in [5, 5.41) is 13.8. The summed E-state index contributed by atoms with van der Waals surface area (Å²) >= 11 is 0. The van der Waals surface area contributed by atoms with Gasteiger partial charge in [0, 0.05) is 12.1 Å². The molecular weight excluding hydrogens is 232 g/mol. The lowest BCUT2D eigenvalue weighted by molar-refractivity contribution is -0.384. The average molecular weight is 252 g/mol. The van der Waals surface area contributed by atoms with E-state index >= 15 is 0 Å². The van der Waals surface area contributed by atoms with Crippen LogP contribution in [0.15, 0.2) is 12.1 Å². The molecule has 1 aromatic rings. The summed E-state index contributed by atoms with van der Waals surface area (Å²) in [6.07, 6.45) is 4.61. The molecule has 0 aliphatic carbocycles. The maximum Gasteiger partial charge on any atom is 0.311 e. The van der Waals surface area contributed by atoms with Crippen molar-refractivity contribution in [3.05, 3.63) is 22.2 Å². The molecule has 6 nitrogen and oxygen atoms in total. The van der Waals surface area contributed by atoms with Crippen LogP contribution >= 0.6 is 0 Å². The Morgan fingerprint density at radius 3 is 2.78 bits per heavy atom. The molecule has 1 aromatic heterocycles. The second kappa shape index (κ2) is 6.78. The predicted molar refractivity (Wildman–Crippen MR) is 72.5 cm³/mol. The lowest BCUT2D eigenvalue weighted by atomic mass is 10.1. The number of nitro groups is 1. The van der Waals surface area contributed by atoms with Crippen molar-refractivity contribution in [2.45, 2.75) is 45.6 Å². The summed E-state index contributed by atoms with van der Waals surface area (Å²) in [5.74, 6) is 0.535. The first-order valence-electron chi connectivity index (χ1n) is 6.22. The van der Waals surface area contributed by atoms with Crippen LogP contribution in [0.25, 0.3) is 0 Å². The molecule has 0 fully saturated rings. The second-order valence-corrected chi connectivity index (χ2v) is 4.40. The normalized spacial score (nSPS) is 12.1. The lowest BCUT2D eigenvalue weighted by Gasteiger charge is -2.14. The molecule has 0 aliphatic rings. The fourth-order valence-corrected chi connectivity index (χ4v) is 1.73. The van der Waals surface area contributed by atoms with Gasteiger partial charge in [0.2, 0.25) is 5.82 Å². The Morgan fingerprint density at radius 2 is 2.22 bits per heavy atom. The first-order chi connectivity index (χ1) is 8.54. The van der Waals surface area contributed by atoms with E-state index < -0.39 is 4.92 Å². The van der Waals surface area contributed by atoms with Gasteiger partial charge in [-0.3, -0.25) is 10.1 Å². The van der Waals surface area contributed by atoms with Crippen LogP contribution in [-0.4, -0.2) is 15.9 Å². The van der Waals surface area contributed by atoms with Crippen LogP contribution in [0.4, 0.5) is 17.3 Å². The van der Waals surface area contributed by atoms with E-state index in [1.165, 1.54) is 18.9 Å². The second-order valence-electron chi connectivity index (χ2n) is 4.40. The predicted octanol–water partition coefficient (Wildman–Crippen LogP) is 2.95. The first-order valence-corrected chi connectivity index (χ1v) is 6.22. The van der Waals surface area contributed by atoms with Gasteiger partial charge in [0.15, 0.2) is 0 Å². The van der Waals surface area contributed by atoms with E-state index in [1.807, 2.05) is 0 Å². The molecule has 18 heavy (non-hydrogen) atoms. The summed E-state index contributed by atoms with van der Waals surface area (Å²) < 4.78 is 0. The van der Waals surface area contributed by atoms with Crippen molar-refractivity contribution in [2.75, 3.05) is 11.1 Å². The number of rotatable bonds is 7. The van der Waals surface area contributed by atoms with Crippen molar-refractivity contribution in [1.29, 1.82) is 0 Å². The van der Waals surface area contributed by atoms with E-state index in [0.29, 0.717) is 5.82 Å². The Bertz CT molecular complexity index is 409. The van der Waals surface area contributed by atoms with Crippen molar-refractivity contribution in [3.8, 4) is 0 Å². The summed E-state index contributed by atoms with van der Waals surface area (Å²) in [4.78, 5) is 14.1. The van der Waals surface area contributed by atoms with Crippen molar-refractivity contribution in [1.82, 2.24) is 4.98 Å². The van der Waals surface area contributed by atoms with Crippen LogP contribution in [0.3, 0.4) is 0 Å². The Morgan fingerprint density at radius 1 is 1.50 bits per heavy atom. The SMILES string of the molecule is CCCCCC(C)Nc1ccc([N+](=O)[O-])c(N)n1. The van der Waals surface area contributed by atoms with Crippen LogP contribution < -0.4 is 11.1 Å². The van der Waals surface area contributed by atoms with Crippen molar-refractivity contribution in [2.24, 2.45) is 0 Å². The molecule has 6 heteroatoms. The van der Waals surface area contributed by atoms with Crippen LogP contribution in [0.5, 0.6) is 0 Å². The molecule has 0 bridgehead atoms. The van der Waals surface area contributed by atoms with Crippen LogP contribution in [0.1, 0.15) is 39.5 Å². The van der Waals surface area contributed by atoms with E-state index in [4.69, 9.17) is 5.73 Å². The van der Waals surface area contributed by atoms with Crippen LogP contribution in [0.2, 0.25) is 0 Å². The summed E-state index contributed by atoms with van der Waals surface area (Å²) in [7, 11) is 0. The highest BCUT2D eigenvalue weighted by atomic mass is 16.6. The third kappa shape index (κ3) is 4.20. The fourth-order valence-electron chi connectivity index (χ4n) is 1.73. The van der Waals surface area contributed by atoms with Gasteiger partial charge in [-0.15, -0.1) is 0 Å². The summed E-state index contributed by atoms with van der Waals surface area (Å²) in [6.45, 7) is 4.23. The van der Waals surface area contributed by atoms with Crippen molar-refractivity contribution >= 4 is 17.3 Å². The highest BCUT2D eigenvalue weighted by Crippen LogP contribution is 2.21. The highest BCUT2D eigenvalue weighted by Gasteiger charge is 2.13. The Labute approximate surface area is 107 Å². The quantitative estimate of drug-likeness (QED) is 0.442. The lowest BCUT2D eigenvalue weighted by Crippen LogP contribution is -2.16. The van der Waals surface area contributed by atoms with Crippen LogP contribution in [-0.2, 0) is 0 Å². The summed E-state index contributed by atoms with van der Waals surface area (Å²) in [5.41, 5.74) is 5.37. The average Bonchev–Trinajstić information content (AvgIpc) is 2.28. The van der Waals surface area contributed by atoms with Gasteiger partial charge < -0.3 is 11.1 Å². The molecule has 0 radical (unpaired) electrons. The zero-order chi connectivity index (χ0) is 13.5. The van der Waals surface area contributed by atoms with Crippen LogP contribution in [0, 0.1) is 10.1 Å². The van der Waals surface area contributed by atoms with Gasteiger partial charge in [-0.05, 0) is 19.4 Å². The maximum atomic E-state index is 10.6. The monoisotopic (exact) mass is 252 g/mol. The Hall–Kier alpha value is -1.85. The molecular formula is C12H20N4O2. The molecule has 0 amide bonds. The minimum absolute atomic E-state index is 0.0502. The Balaban J connectivity index is 2.57. The molecule has 0 aromatic carbocycles. The maximum absolute atomic E-state index is 10.6. The largest absolute Gasteiger partial charge is 0.378 e. The smallest absolute Gasteiger partial charge is 0.311 e. The third-order valence-electron chi connectivity index (χ3n) is 2.73. The standard InChI is InChI=1S/C12H20N4O2/c1-3-4-5-6-9(2)14-11-8-7-10(16(17)18)12(13)15-11/h7-9H,3-6H2,1-2H3,(H3,13,14,15). The number of pyridine rings is 1. The number of nitrogens with one attached hydrogen (secondary N) is 1. The van der Waals surface area contributed by atoms with Gasteiger partial charge in [0.1, 0.15) is 5.82 Å². The number of unbranched alkanes of at least 4 members (excludes halogenated alkanes) is 2. The van der Waals surface area contributed by atoms with Gasteiger partial charge in [-0.25, -0.2) is 4.98 Å². The Kier molecular flexibility index (Phi) is 5.35. The highest BCUT2D eigenvalue weighted by molar-refractivity contribution is 5.57. The number of anilines is 2. The zero-order valence-electron chi connectivity index (χ0n) is 10.8.